The van der Waals surface area contributed by atoms with Gasteiger partial charge in [-0.25, -0.2) is 0 Å². The Morgan fingerprint density at radius 2 is 1.43 bits per heavy atom. The van der Waals surface area contributed by atoms with Crippen LogP contribution in [0.5, 0.6) is 0 Å². The molecule has 0 saturated heterocycles. The normalized spacial score (nSPS) is 11.1. The summed E-state index contributed by atoms with van der Waals surface area (Å²) in [7, 11) is -4.00. The van der Waals surface area contributed by atoms with Crippen molar-refractivity contribution in [1.29, 1.82) is 0 Å². The van der Waals surface area contributed by atoms with Gasteiger partial charge in [-0.2, -0.15) is 0 Å². The molecule has 0 aromatic heterocycles. The van der Waals surface area contributed by atoms with Crippen LogP contribution in [0.1, 0.15) is 39.5 Å². The molecule has 0 atom stereocenters. The summed E-state index contributed by atoms with van der Waals surface area (Å²) < 4.78 is 20.2. The summed E-state index contributed by atoms with van der Waals surface area (Å²) in [5.74, 6) is 0. The number of rotatable bonds is 8. The molecule has 0 rings (SSSR count). The summed E-state index contributed by atoms with van der Waals surface area (Å²) in [5, 5.41) is 0. The molecule has 0 fully saturated rings. The van der Waals surface area contributed by atoms with Crippen molar-refractivity contribution >= 4 is 7.82 Å². The van der Waals surface area contributed by atoms with E-state index < -0.39 is 7.82 Å². The molecule has 0 heterocycles. The van der Waals surface area contributed by atoms with Crippen molar-refractivity contribution in [3.8, 4) is 0 Å². The van der Waals surface area contributed by atoms with Gasteiger partial charge >= 0.3 is 68.9 Å². The topological polar surface area (TPSA) is 58.6 Å². The van der Waals surface area contributed by atoms with Gasteiger partial charge in [-0.3, -0.25) is 4.57 Å². The van der Waals surface area contributed by atoms with Crippen LogP contribution in [-0.4, -0.2) is 13.2 Å². The minimum atomic E-state index is -4.00. The predicted octanol–water partition coefficient (Wildman–Crippen LogP) is -0.908. The molecule has 0 aromatic carbocycles. The molecule has 0 aliphatic heterocycles. The van der Waals surface area contributed by atoms with Gasteiger partial charge in [0.15, 0.2) is 0 Å². The van der Waals surface area contributed by atoms with Gasteiger partial charge in [-0.05, 0) is 12.8 Å². The van der Waals surface area contributed by atoms with Crippen molar-refractivity contribution in [2.75, 3.05) is 13.2 Å². The van der Waals surface area contributed by atoms with Crippen molar-refractivity contribution in [2.45, 2.75) is 39.5 Å². The van der Waals surface area contributed by atoms with E-state index >= 15 is 0 Å². The third-order valence-electron chi connectivity index (χ3n) is 1.49. The molecule has 6 heteroatoms. The first-order valence-electron chi connectivity index (χ1n) is 4.72. The maximum atomic E-state index is 11.0. The van der Waals surface area contributed by atoms with E-state index in [-0.39, 0.29) is 82.1 Å². The van der Waals surface area contributed by atoms with Crippen LogP contribution in [0, 0.1) is 0 Å². The van der Waals surface area contributed by atoms with Gasteiger partial charge in [0.2, 0.25) is 0 Å². The van der Waals surface area contributed by atoms with Crippen molar-refractivity contribution in [3.05, 3.63) is 0 Å². The zero-order valence-corrected chi connectivity index (χ0v) is 16.5. The van der Waals surface area contributed by atoms with Gasteiger partial charge in [0.05, 0.1) is 13.2 Å². The minimum absolute atomic E-state index is 0. The molecule has 4 nitrogen and oxygen atoms in total. The van der Waals surface area contributed by atoms with Crippen molar-refractivity contribution in [3.63, 3.8) is 0 Å². The van der Waals surface area contributed by atoms with E-state index in [2.05, 4.69) is 9.05 Å². The average molecular weight is 342 g/mol. The molecule has 0 amide bonds. The zero-order valence-electron chi connectivity index (χ0n) is 9.32. The second-order valence-electron chi connectivity index (χ2n) is 2.82. The molecule has 0 spiro atoms. The molecule has 0 aliphatic carbocycles. The predicted molar refractivity (Wildman–Crippen MR) is 49.3 cm³/mol. The fourth-order valence-corrected chi connectivity index (χ4v) is 1.46. The SMILES string of the molecule is CCCCOP(=O)([O-])OCCCC.[Cs+]. The Hall–Kier alpha value is 2.16. The van der Waals surface area contributed by atoms with Gasteiger partial charge in [0.25, 0.3) is 7.82 Å². The first kappa shape index (κ1) is 18.5. The molecule has 0 aromatic rings. The number of hydrogen-bond donors (Lipinski definition) is 0. The molecular weight excluding hydrogens is 324 g/mol. The monoisotopic (exact) mass is 342 g/mol. The number of hydrogen-bond acceptors (Lipinski definition) is 4. The van der Waals surface area contributed by atoms with Gasteiger partial charge in [-0.15, -0.1) is 0 Å². The van der Waals surface area contributed by atoms with Crippen LogP contribution in [0.3, 0.4) is 0 Å². The van der Waals surface area contributed by atoms with Gasteiger partial charge in [-0.1, -0.05) is 26.7 Å². The summed E-state index contributed by atoms with van der Waals surface area (Å²) in [5.41, 5.74) is 0. The standard InChI is InChI=1S/C8H19O4P.Cs/c1-3-5-7-11-13(9,10)12-8-6-4-2;/h3-8H2,1-2H3,(H,9,10);/q;+1/p-1. The third kappa shape index (κ3) is 12.2. The minimum Gasteiger partial charge on any atom is -0.756 e. The number of phosphoric ester groups is 1. The smallest absolute Gasteiger partial charge is 0.756 e. The summed E-state index contributed by atoms with van der Waals surface area (Å²) in [4.78, 5) is 11.0. The Morgan fingerprint density at radius 3 is 1.71 bits per heavy atom. The maximum Gasteiger partial charge on any atom is 1.00 e. The Balaban J connectivity index is 0. The summed E-state index contributed by atoms with van der Waals surface area (Å²) in [6, 6.07) is 0. The van der Waals surface area contributed by atoms with Crippen LogP contribution >= 0.6 is 7.82 Å². The quantitative estimate of drug-likeness (QED) is 0.424. The van der Waals surface area contributed by atoms with Crippen LogP contribution in [0.25, 0.3) is 0 Å². The van der Waals surface area contributed by atoms with Crippen molar-refractivity contribution < 1.29 is 87.4 Å². The van der Waals surface area contributed by atoms with E-state index in [1.165, 1.54) is 0 Å². The third-order valence-corrected chi connectivity index (χ3v) is 2.49. The molecule has 14 heavy (non-hydrogen) atoms. The van der Waals surface area contributed by atoms with Crippen LogP contribution < -0.4 is 73.8 Å². The van der Waals surface area contributed by atoms with Gasteiger partial charge < -0.3 is 13.9 Å². The average Bonchev–Trinajstić information content (AvgIpc) is 2.05. The summed E-state index contributed by atoms with van der Waals surface area (Å²) >= 11 is 0. The summed E-state index contributed by atoms with van der Waals surface area (Å²) in [6.45, 7) is 4.39. The Kier molecular flexibility index (Phi) is 15.4. The van der Waals surface area contributed by atoms with Crippen molar-refractivity contribution in [2.24, 2.45) is 0 Å². The van der Waals surface area contributed by atoms with E-state index in [1.807, 2.05) is 13.8 Å². The second kappa shape index (κ2) is 11.6. The second-order valence-corrected chi connectivity index (χ2v) is 4.23. The van der Waals surface area contributed by atoms with E-state index in [0.717, 1.165) is 25.7 Å². The first-order chi connectivity index (χ1) is 6.12. The molecule has 0 bridgehead atoms. The molecule has 0 saturated carbocycles. The Bertz CT molecular complexity index is 151. The van der Waals surface area contributed by atoms with Crippen LogP contribution in [0.4, 0.5) is 0 Å². The summed E-state index contributed by atoms with van der Waals surface area (Å²) in [6.07, 6.45) is 3.30. The van der Waals surface area contributed by atoms with Crippen LogP contribution in [0.2, 0.25) is 0 Å². The fraction of sp³-hybridized carbons (Fsp3) is 1.00. The zero-order chi connectivity index (χ0) is 10.2. The van der Waals surface area contributed by atoms with Crippen LogP contribution in [0.15, 0.2) is 0 Å². The molecule has 0 unspecified atom stereocenters. The van der Waals surface area contributed by atoms with Crippen LogP contribution in [-0.2, 0) is 13.6 Å². The number of unbranched alkanes of at least 4 members (excludes halogenated alkanes) is 2. The first-order valence-corrected chi connectivity index (χ1v) is 6.18. The maximum absolute atomic E-state index is 11.0. The molecule has 0 N–H and O–H groups in total. The van der Waals surface area contributed by atoms with E-state index in [1.54, 1.807) is 0 Å². The van der Waals surface area contributed by atoms with E-state index in [9.17, 15) is 9.46 Å². The molecule has 0 aliphatic rings. The van der Waals surface area contributed by atoms with Crippen molar-refractivity contribution in [1.82, 2.24) is 0 Å². The van der Waals surface area contributed by atoms with Gasteiger partial charge in [0, 0.05) is 0 Å². The van der Waals surface area contributed by atoms with E-state index in [4.69, 9.17) is 0 Å². The Labute approximate surface area is 145 Å². The number of phosphoric acid groups is 1. The largest absolute Gasteiger partial charge is 1.00 e. The fourth-order valence-electron chi connectivity index (χ4n) is 0.679. The van der Waals surface area contributed by atoms with Gasteiger partial charge in [0.1, 0.15) is 0 Å². The molecule has 0 radical (unpaired) electrons. The molecule has 80 valence electrons. The Morgan fingerprint density at radius 1 is 1.07 bits per heavy atom. The van der Waals surface area contributed by atoms with E-state index in [0.29, 0.717) is 0 Å². The molecular formula is C8H18CsO4P.